The number of carbonyl (C=O) groups excluding carboxylic acids is 2. The Balaban J connectivity index is 1.33. The van der Waals surface area contributed by atoms with Crippen LogP contribution in [0.4, 0.5) is 0 Å². The van der Waals surface area contributed by atoms with Crippen LogP contribution in [0, 0.1) is 0 Å². The Morgan fingerprint density at radius 2 is 1.71 bits per heavy atom. The first-order valence-electron chi connectivity index (χ1n) is 11.7. The van der Waals surface area contributed by atoms with Crippen molar-refractivity contribution in [3.8, 4) is 11.5 Å². The van der Waals surface area contributed by atoms with E-state index in [2.05, 4.69) is 18.8 Å². The lowest BCUT2D eigenvalue weighted by Gasteiger charge is -2.38. The summed E-state index contributed by atoms with van der Waals surface area (Å²) in [5.41, 5.74) is 1.68. The fourth-order valence-corrected chi connectivity index (χ4v) is 4.64. The van der Waals surface area contributed by atoms with Gasteiger partial charge in [0, 0.05) is 29.1 Å². The quantitative estimate of drug-likeness (QED) is 0.321. The van der Waals surface area contributed by atoms with E-state index in [9.17, 15) is 9.59 Å². The van der Waals surface area contributed by atoms with Crippen molar-refractivity contribution >= 4 is 34.4 Å². The number of hydrogen-bond acceptors (Lipinski definition) is 6. The van der Waals surface area contributed by atoms with Gasteiger partial charge in [-0.05, 0) is 75.6 Å². The van der Waals surface area contributed by atoms with E-state index in [1.807, 2.05) is 23.1 Å². The van der Waals surface area contributed by atoms with Crippen molar-refractivity contribution in [3.05, 3.63) is 64.8 Å². The maximum absolute atomic E-state index is 12.6. The van der Waals surface area contributed by atoms with Crippen molar-refractivity contribution in [3.63, 3.8) is 0 Å². The molecule has 4 rings (SSSR count). The van der Waals surface area contributed by atoms with Crippen molar-refractivity contribution in [1.82, 2.24) is 9.88 Å². The van der Waals surface area contributed by atoms with E-state index < -0.39 is 5.97 Å². The molecule has 8 heteroatoms. The molecule has 1 aliphatic rings. The van der Waals surface area contributed by atoms with E-state index in [1.54, 1.807) is 37.4 Å². The van der Waals surface area contributed by atoms with Gasteiger partial charge in [-0.2, -0.15) is 0 Å². The van der Waals surface area contributed by atoms with Gasteiger partial charge in [-0.25, -0.2) is 9.78 Å². The average molecular weight is 497 g/mol. The normalized spacial score (nSPS) is 17.8. The van der Waals surface area contributed by atoms with Gasteiger partial charge in [-0.1, -0.05) is 11.6 Å². The maximum Gasteiger partial charge on any atom is 0.338 e. The number of piperidine rings is 1. The highest BCUT2D eigenvalue weighted by atomic mass is 35.5. The zero-order valence-corrected chi connectivity index (χ0v) is 20.9. The number of halogens is 1. The van der Waals surface area contributed by atoms with Gasteiger partial charge in [-0.3, -0.25) is 4.79 Å². The van der Waals surface area contributed by atoms with E-state index >= 15 is 0 Å². The lowest BCUT2D eigenvalue weighted by atomic mass is 9.97. The number of aromatic nitrogens is 1. The molecule has 0 unspecified atom stereocenters. The van der Waals surface area contributed by atoms with E-state index in [-0.39, 0.29) is 36.4 Å². The summed E-state index contributed by atoms with van der Waals surface area (Å²) in [5, 5.41) is 1.13. The van der Waals surface area contributed by atoms with Gasteiger partial charge in [0.25, 0.3) is 5.91 Å². The Kier molecular flexibility index (Phi) is 7.76. The van der Waals surface area contributed by atoms with Crippen LogP contribution in [0.3, 0.4) is 0 Å². The number of amides is 1. The molecule has 0 aliphatic carbocycles. The molecule has 1 saturated heterocycles. The zero-order chi connectivity index (χ0) is 24.9. The van der Waals surface area contributed by atoms with Gasteiger partial charge in [0.2, 0.25) is 0 Å². The Morgan fingerprint density at radius 3 is 2.40 bits per heavy atom. The number of nitrogens with zero attached hydrogens (tertiary/aromatic N) is 2. The van der Waals surface area contributed by atoms with E-state index in [1.165, 1.54) is 0 Å². The second kappa shape index (κ2) is 11.0. The molecular formula is C27H29ClN2O5. The topological polar surface area (TPSA) is 78.0 Å². The largest absolute Gasteiger partial charge is 0.497 e. The number of hydrogen-bond donors (Lipinski definition) is 0. The van der Waals surface area contributed by atoms with Crippen molar-refractivity contribution in [1.29, 1.82) is 0 Å². The van der Waals surface area contributed by atoms with Crippen LogP contribution in [0.2, 0.25) is 5.15 Å². The van der Waals surface area contributed by atoms with Crippen LogP contribution in [0.25, 0.3) is 10.9 Å². The van der Waals surface area contributed by atoms with Crippen LogP contribution >= 0.6 is 11.6 Å². The summed E-state index contributed by atoms with van der Waals surface area (Å²) < 4.78 is 16.3. The number of fused-ring (bicyclic) bond motifs is 1. The summed E-state index contributed by atoms with van der Waals surface area (Å²) in [6.45, 7) is 4.11. The Morgan fingerprint density at radius 1 is 1.03 bits per heavy atom. The molecule has 0 spiro atoms. The molecule has 2 heterocycles. The first-order chi connectivity index (χ1) is 16.9. The molecule has 1 aliphatic heterocycles. The molecule has 3 aromatic rings. The molecule has 184 valence electrons. The van der Waals surface area contributed by atoms with Gasteiger partial charge in [0.1, 0.15) is 23.3 Å². The van der Waals surface area contributed by atoms with Crippen LogP contribution in [-0.2, 0) is 16.1 Å². The number of likely N-dealkylation sites (tertiary alicyclic amines) is 1. The van der Waals surface area contributed by atoms with Gasteiger partial charge >= 0.3 is 5.97 Å². The number of benzene rings is 2. The Bertz CT molecular complexity index is 1200. The highest BCUT2D eigenvalue weighted by molar-refractivity contribution is 6.30. The molecule has 0 radical (unpaired) electrons. The Labute approximate surface area is 209 Å². The molecule has 35 heavy (non-hydrogen) atoms. The monoisotopic (exact) mass is 496 g/mol. The predicted octanol–water partition coefficient (Wildman–Crippen LogP) is 5.42. The van der Waals surface area contributed by atoms with Crippen LogP contribution < -0.4 is 9.47 Å². The number of methoxy groups -OCH3 is 1. The summed E-state index contributed by atoms with van der Waals surface area (Å²) in [6, 6.07) is 14.3. The Hall–Kier alpha value is -3.32. The van der Waals surface area contributed by atoms with Crippen LogP contribution in [0.1, 0.15) is 49.0 Å². The second-order valence-corrected chi connectivity index (χ2v) is 9.17. The van der Waals surface area contributed by atoms with Crippen LogP contribution in [0.15, 0.2) is 48.5 Å². The van der Waals surface area contributed by atoms with Crippen molar-refractivity contribution in [2.45, 2.75) is 51.8 Å². The smallest absolute Gasteiger partial charge is 0.338 e. The highest BCUT2D eigenvalue weighted by Gasteiger charge is 2.29. The molecule has 1 amide bonds. The third-order valence-corrected chi connectivity index (χ3v) is 6.67. The minimum atomic E-state index is -0.491. The summed E-state index contributed by atoms with van der Waals surface area (Å²) in [5.74, 6) is 0.694. The predicted molar refractivity (Wildman–Crippen MR) is 134 cm³/mol. The summed E-state index contributed by atoms with van der Waals surface area (Å²) in [7, 11) is 1.59. The van der Waals surface area contributed by atoms with Gasteiger partial charge < -0.3 is 19.1 Å². The third kappa shape index (κ3) is 5.85. The highest BCUT2D eigenvalue weighted by Crippen LogP contribution is 2.25. The van der Waals surface area contributed by atoms with Crippen molar-refractivity contribution in [2.75, 3.05) is 13.7 Å². The minimum Gasteiger partial charge on any atom is -0.497 e. The lowest BCUT2D eigenvalue weighted by molar-refractivity contribution is -0.139. The molecule has 0 saturated carbocycles. The van der Waals surface area contributed by atoms with Gasteiger partial charge in [-0.15, -0.1) is 0 Å². The fourth-order valence-electron chi connectivity index (χ4n) is 4.44. The van der Waals surface area contributed by atoms with Crippen molar-refractivity contribution in [2.24, 2.45) is 0 Å². The second-order valence-electron chi connectivity index (χ2n) is 8.82. The van der Waals surface area contributed by atoms with Crippen LogP contribution in [-0.4, -0.2) is 47.6 Å². The van der Waals surface area contributed by atoms with E-state index in [0.717, 1.165) is 24.6 Å². The molecule has 2 atom stereocenters. The SMILES string of the molecule is COc1ccc2cc(COC(=O)c3ccc(OCC(=O)N4[C@H](C)CCC[C@H]4C)cc3)c(Cl)nc2c1. The molecule has 1 aromatic heterocycles. The molecule has 0 N–H and O–H groups in total. The van der Waals surface area contributed by atoms with Crippen molar-refractivity contribution < 1.29 is 23.8 Å². The van der Waals surface area contributed by atoms with Gasteiger partial charge in [0.15, 0.2) is 6.61 Å². The zero-order valence-electron chi connectivity index (χ0n) is 20.1. The molecular weight excluding hydrogens is 468 g/mol. The minimum absolute atomic E-state index is 0.00834. The summed E-state index contributed by atoms with van der Waals surface area (Å²) in [4.78, 5) is 31.4. The van der Waals surface area contributed by atoms with E-state index in [0.29, 0.717) is 28.1 Å². The molecule has 7 nitrogen and oxygen atoms in total. The summed E-state index contributed by atoms with van der Waals surface area (Å²) in [6.07, 6.45) is 3.17. The number of esters is 1. The number of carbonyl (C=O) groups is 2. The first kappa shape index (κ1) is 24.8. The average Bonchev–Trinajstić information content (AvgIpc) is 2.86. The first-order valence-corrected chi connectivity index (χ1v) is 12.1. The number of ether oxygens (including phenoxy) is 3. The molecule has 1 fully saturated rings. The standard InChI is InChI=1S/C27H29ClN2O5/c1-17-5-4-6-18(2)30(17)25(31)16-34-22-10-7-19(8-11-22)27(32)35-15-21-13-20-9-12-23(33-3)14-24(20)29-26(21)28/h7-14,17-18H,4-6,15-16H2,1-3H3/t17-,18-/m1/s1. The van der Waals surface area contributed by atoms with Gasteiger partial charge in [0.05, 0.1) is 18.2 Å². The third-order valence-electron chi connectivity index (χ3n) is 6.34. The lowest BCUT2D eigenvalue weighted by Crippen LogP contribution is -2.49. The van der Waals surface area contributed by atoms with Crippen LogP contribution in [0.5, 0.6) is 11.5 Å². The molecule has 2 aromatic carbocycles. The number of pyridine rings is 1. The summed E-state index contributed by atoms with van der Waals surface area (Å²) >= 11 is 6.29. The number of rotatable bonds is 7. The fraction of sp³-hybridized carbons (Fsp3) is 0.370. The molecule has 0 bridgehead atoms. The van der Waals surface area contributed by atoms with E-state index in [4.69, 9.17) is 25.8 Å². The maximum atomic E-state index is 12.6.